The molecule has 0 unspecified atom stereocenters. The Balaban J connectivity index is 2.19. The second-order valence-electron chi connectivity index (χ2n) is 6.49. The number of benzene rings is 1. The molecule has 1 aliphatic heterocycles. The van der Waals surface area contributed by atoms with Gasteiger partial charge in [0.25, 0.3) is 11.1 Å². The Hall–Kier alpha value is -2.63. The van der Waals surface area contributed by atoms with Crippen LogP contribution >= 0.6 is 23.4 Å². The molecule has 1 aliphatic rings. The van der Waals surface area contributed by atoms with Crippen LogP contribution in [-0.2, 0) is 9.59 Å². The molecule has 0 aliphatic carbocycles. The zero-order valence-corrected chi connectivity index (χ0v) is 17.9. The van der Waals surface area contributed by atoms with E-state index in [9.17, 15) is 14.4 Å². The first-order valence-electron chi connectivity index (χ1n) is 8.72. The molecule has 0 atom stereocenters. The highest BCUT2D eigenvalue weighted by molar-refractivity contribution is 8.18. The van der Waals surface area contributed by atoms with Crippen LogP contribution in [-0.4, -0.2) is 48.8 Å². The number of rotatable bonds is 8. The molecule has 0 radical (unpaired) electrons. The Kier molecular flexibility index (Phi) is 8.00. The molecule has 0 spiro atoms. The molecular weight excluding hydrogens is 416 g/mol. The first kappa shape index (κ1) is 22.7. The van der Waals surface area contributed by atoms with Crippen molar-refractivity contribution in [3.05, 3.63) is 27.6 Å². The average molecular weight is 437 g/mol. The summed E-state index contributed by atoms with van der Waals surface area (Å²) in [5.41, 5.74) is 0.537. The molecule has 154 valence electrons. The van der Waals surface area contributed by atoms with E-state index < -0.39 is 11.1 Å². The number of terminal acetylenes is 1. The number of hydrogen-bond acceptors (Lipinski definition) is 6. The lowest BCUT2D eigenvalue weighted by Gasteiger charge is -2.13. The van der Waals surface area contributed by atoms with Gasteiger partial charge in [0.15, 0.2) is 11.5 Å². The van der Waals surface area contributed by atoms with E-state index in [1.54, 1.807) is 12.1 Å². The summed E-state index contributed by atoms with van der Waals surface area (Å²) in [6, 6.07) is 3.18. The second kappa shape index (κ2) is 10.2. The van der Waals surface area contributed by atoms with E-state index in [0.717, 1.165) is 16.7 Å². The van der Waals surface area contributed by atoms with Crippen molar-refractivity contribution >= 4 is 46.5 Å². The molecule has 29 heavy (non-hydrogen) atoms. The van der Waals surface area contributed by atoms with Crippen LogP contribution < -0.4 is 14.8 Å². The predicted octanol–water partition coefficient (Wildman–Crippen LogP) is 3.17. The minimum Gasteiger partial charge on any atom is -0.493 e. The van der Waals surface area contributed by atoms with Gasteiger partial charge in [-0.25, -0.2) is 0 Å². The van der Waals surface area contributed by atoms with Gasteiger partial charge in [0, 0.05) is 6.54 Å². The molecule has 3 amide bonds. The summed E-state index contributed by atoms with van der Waals surface area (Å²) in [5, 5.41) is 2.43. The van der Waals surface area contributed by atoms with Gasteiger partial charge in [-0.3, -0.25) is 19.3 Å². The van der Waals surface area contributed by atoms with E-state index in [4.69, 9.17) is 27.5 Å². The third-order valence-corrected chi connectivity index (χ3v) is 4.92. The highest BCUT2D eigenvalue weighted by Gasteiger charge is 2.36. The second-order valence-corrected chi connectivity index (χ2v) is 7.89. The van der Waals surface area contributed by atoms with Gasteiger partial charge in [0.1, 0.15) is 13.2 Å². The van der Waals surface area contributed by atoms with Gasteiger partial charge in [-0.1, -0.05) is 31.4 Å². The zero-order valence-electron chi connectivity index (χ0n) is 16.3. The number of imide groups is 1. The van der Waals surface area contributed by atoms with Crippen LogP contribution in [0.25, 0.3) is 6.08 Å². The summed E-state index contributed by atoms with van der Waals surface area (Å²) in [5.74, 6) is 2.31. The Morgan fingerprint density at radius 1 is 1.41 bits per heavy atom. The maximum absolute atomic E-state index is 12.6. The van der Waals surface area contributed by atoms with Gasteiger partial charge in [0.05, 0.1) is 17.0 Å². The number of carbonyl (C=O) groups excluding carboxylic acids is 3. The summed E-state index contributed by atoms with van der Waals surface area (Å²) in [7, 11) is 1.45. The topological polar surface area (TPSA) is 84.9 Å². The molecule has 0 bridgehead atoms. The molecule has 1 fully saturated rings. The van der Waals surface area contributed by atoms with Crippen LogP contribution in [0.5, 0.6) is 11.5 Å². The van der Waals surface area contributed by atoms with Crippen molar-refractivity contribution in [1.29, 1.82) is 0 Å². The lowest BCUT2D eigenvalue weighted by Crippen LogP contribution is -2.40. The van der Waals surface area contributed by atoms with Crippen LogP contribution in [0, 0.1) is 18.3 Å². The number of methoxy groups -OCH3 is 1. The Morgan fingerprint density at radius 2 is 2.14 bits per heavy atom. The van der Waals surface area contributed by atoms with Gasteiger partial charge < -0.3 is 14.8 Å². The lowest BCUT2D eigenvalue weighted by molar-refractivity contribution is -0.129. The number of thioether (sulfide) groups is 1. The first-order chi connectivity index (χ1) is 13.8. The standard InChI is InChI=1S/C20H21ClN2O5S/c1-5-6-28-18-14(21)7-13(8-15(18)27-4)9-16-19(25)23(20(26)29-16)11-17(24)22-10-12(2)3/h1,7-9,12H,6,10-11H2,2-4H3,(H,22,24)/b16-9-. The number of halogens is 1. The molecule has 1 saturated heterocycles. The molecule has 7 nitrogen and oxygen atoms in total. The van der Waals surface area contributed by atoms with E-state index >= 15 is 0 Å². The number of hydrogen-bond donors (Lipinski definition) is 1. The van der Waals surface area contributed by atoms with Crippen molar-refractivity contribution in [3.63, 3.8) is 0 Å². The van der Waals surface area contributed by atoms with Crippen LogP contribution in [0.3, 0.4) is 0 Å². The van der Waals surface area contributed by atoms with Crippen molar-refractivity contribution in [3.8, 4) is 23.8 Å². The highest BCUT2D eigenvalue weighted by Crippen LogP contribution is 2.38. The zero-order chi connectivity index (χ0) is 21.6. The minimum absolute atomic E-state index is 0.0210. The van der Waals surface area contributed by atoms with Crippen LogP contribution in [0.4, 0.5) is 4.79 Å². The van der Waals surface area contributed by atoms with Crippen molar-refractivity contribution < 1.29 is 23.9 Å². The maximum atomic E-state index is 12.6. The monoisotopic (exact) mass is 436 g/mol. The third-order valence-electron chi connectivity index (χ3n) is 3.73. The van der Waals surface area contributed by atoms with Crippen molar-refractivity contribution in [2.45, 2.75) is 13.8 Å². The van der Waals surface area contributed by atoms with Gasteiger partial charge >= 0.3 is 0 Å². The smallest absolute Gasteiger partial charge is 0.294 e. The largest absolute Gasteiger partial charge is 0.493 e. The number of nitrogens with zero attached hydrogens (tertiary/aromatic N) is 1. The molecule has 0 saturated carbocycles. The highest BCUT2D eigenvalue weighted by atomic mass is 35.5. The Bertz CT molecular complexity index is 892. The van der Waals surface area contributed by atoms with E-state index in [2.05, 4.69) is 11.2 Å². The maximum Gasteiger partial charge on any atom is 0.294 e. The van der Waals surface area contributed by atoms with Gasteiger partial charge in [0.2, 0.25) is 5.91 Å². The fraction of sp³-hybridized carbons (Fsp3) is 0.350. The van der Waals surface area contributed by atoms with Crippen LogP contribution in [0.1, 0.15) is 19.4 Å². The summed E-state index contributed by atoms with van der Waals surface area (Å²) in [4.78, 5) is 37.8. The van der Waals surface area contributed by atoms with Crippen molar-refractivity contribution in [2.24, 2.45) is 5.92 Å². The SMILES string of the molecule is C#CCOc1c(Cl)cc(/C=C2\SC(=O)N(CC(=O)NCC(C)C)C2=O)cc1OC. The van der Waals surface area contributed by atoms with Crippen molar-refractivity contribution in [1.82, 2.24) is 10.2 Å². The summed E-state index contributed by atoms with van der Waals surface area (Å²) in [6.07, 6.45) is 6.70. The molecule has 0 aromatic heterocycles. The summed E-state index contributed by atoms with van der Waals surface area (Å²) >= 11 is 6.99. The summed E-state index contributed by atoms with van der Waals surface area (Å²) in [6.45, 7) is 4.07. The molecule has 1 aromatic carbocycles. The van der Waals surface area contributed by atoms with Crippen LogP contribution in [0.15, 0.2) is 17.0 Å². The average Bonchev–Trinajstić information content (AvgIpc) is 2.92. The van der Waals surface area contributed by atoms with E-state index in [1.165, 1.54) is 13.2 Å². The van der Waals surface area contributed by atoms with Gasteiger partial charge in [-0.15, -0.1) is 6.42 Å². The van der Waals surface area contributed by atoms with Gasteiger partial charge in [-0.05, 0) is 41.5 Å². The van der Waals surface area contributed by atoms with Gasteiger partial charge in [-0.2, -0.15) is 0 Å². The third kappa shape index (κ3) is 5.92. The fourth-order valence-corrected chi connectivity index (χ4v) is 3.49. The molecule has 9 heteroatoms. The molecule has 1 N–H and O–H groups in total. The van der Waals surface area contributed by atoms with Crippen molar-refractivity contribution in [2.75, 3.05) is 26.8 Å². The first-order valence-corrected chi connectivity index (χ1v) is 9.92. The minimum atomic E-state index is -0.539. The number of carbonyl (C=O) groups is 3. The molecule has 1 aromatic rings. The van der Waals surface area contributed by atoms with E-state index in [-0.39, 0.29) is 34.9 Å². The number of ether oxygens (including phenoxy) is 2. The number of nitrogens with one attached hydrogen (secondary N) is 1. The Labute approximate surface area is 178 Å². The lowest BCUT2D eigenvalue weighted by atomic mass is 10.1. The normalized spacial score (nSPS) is 15.0. The molecular formula is C20H21ClN2O5S. The number of amides is 3. The van der Waals surface area contributed by atoms with E-state index in [0.29, 0.717) is 23.6 Å². The van der Waals surface area contributed by atoms with Crippen LogP contribution in [0.2, 0.25) is 5.02 Å². The summed E-state index contributed by atoms with van der Waals surface area (Å²) < 4.78 is 10.6. The predicted molar refractivity (Wildman–Crippen MR) is 113 cm³/mol. The molecule has 2 rings (SSSR count). The Morgan fingerprint density at radius 3 is 2.76 bits per heavy atom. The quantitative estimate of drug-likeness (QED) is 0.497. The fourth-order valence-electron chi connectivity index (χ4n) is 2.38. The van der Waals surface area contributed by atoms with E-state index in [1.807, 2.05) is 13.8 Å². The molecule has 1 heterocycles.